The van der Waals surface area contributed by atoms with Crippen LogP contribution in [0.15, 0.2) is 54.9 Å². The fourth-order valence-corrected chi connectivity index (χ4v) is 2.63. The average molecular weight is 282 g/mol. The van der Waals surface area contributed by atoms with Crippen molar-refractivity contribution in [1.29, 1.82) is 0 Å². The third-order valence-electron chi connectivity index (χ3n) is 3.23. The largest absolute Gasteiger partial charge is 0.289 e. The molecule has 0 saturated carbocycles. The van der Waals surface area contributed by atoms with Crippen molar-refractivity contribution in [2.75, 3.05) is 0 Å². The van der Waals surface area contributed by atoms with E-state index >= 15 is 0 Å². The second-order valence-corrected chi connectivity index (χ2v) is 5.19. The lowest BCUT2D eigenvalue weighted by Crippen LogP contribution is -2.02. The Morgan fingerprint density at radius 1 is 1.15 bits per heavy atom. The molecule has 1 aromatic heterocycles. The van der Waals surface area contributed by atoms with Crippen LogP contribution in [0.5, 0.6) is 0 Å². The quantitative estimate of drug-likeness (QED) is 0.651. The third-order valence-corrected chi connectivity index (χ3v) is 3.45. The molecule has 3 heteroatoms. The molecule has 1 heterocycles. The summed E-state index contributed by atoms with van der Waals surface area (Å²) in [6.07, 6.45) is 3.46. The summed E-state index contributed by atoms with van der Waals surface area (Å²) >= 11 is 6.04. The number of aromatic nitrogens is 1. The minimum absolute atomic E-state index is 0.0209. The third kappa shape index (κ3) is 2.30. The zero-order chi connectivity index (χ0) is 14.1. The van der Waals surface area contributed by atoms with Crippen LogP contribution in [0.1, 0.15) is 21.5 Å². The van der Waals surface area contributed by atoms with Gasteiger partial charge in [-0.2, -0.15) is 0 Å². The first-order valence-electron chi connectivity index (χ1n) is 6.30. The first-order chi connectivity index (χ1) is 9.65. The van der Waals surface area contributed by atoms with Crippen LogP contribution in [-0.2, 0) is 0 Å². The highest BCUT2D eigenvalue weighted by molar-refractivity contribution is 6.31. The van der Waals surface area contributed by atoms with E-state index in [2.05, 4.69) is 4.98 Å². The van der Waals surface area contributed by atoms with E-state index in [-0.39, 0.29) is 5.78 Å². The standard InChI is InChI=1S/C17H12ClNO/c1-11-7-13(9-14(18)8-11)17(20)16-4-2-3-12-10-19-6-5-15(12)16/h2-10H,1H3. The second kappa shape index (κ2) is 5.06. The van der Waals surface area contributed by atoms with E-state index in [1.165, 1.54) is 0 Å². The highest BCUT2D eigenvalue weighted by Gasteiger charge is 2.13. The van der Waals surface area contributed by atoms with Gasteiger partial charge in [-0.15, -0.1) is 0 Å². The van der Waals surface area contributed by atoms with Crippen molar-refractivity contribution in [2.45, 2.75) is 6.92 Å². The van der Waals surface area contributed by atoms with Gasteiger partial charge in [0.1, 0.15) is 0 Å². The molecule has 0 fully saturated rings. The van der Waals surface area contributed by atoms with Crippen LogP contribution in [0.25, 0.3) is 10.8 Å². The van der Waals surface area contributed by atoms with Crippen LogP contribution in [-0.4, -0.2) is 10.8 Å². The van der Waals surface area contributed by atoms with Crippen LogP contribution in [0.2, 0.25) is 5.02 Å². The normalized spacial score (nSPS) is 10.7. The van der Waals surface area contributed by atoms with Crippen LogP contribution < -0.4 is 0 Å². The first-order valence-corrected chi connectivity index (χ1v) is 6.67. The van der Waals surface area contributed by atoms with Crippen molar-refractivity contribution in [3.63, 3.8) is 0 Å². The van der Waals surface area contributed by atoms with E-state index in [4.69, 9.17) is 11.6 Å². The maximum absolute atomic E-state index is 12.7. The van der Waals surface area contributed by atoms with Gasteiger partial charge in [-0.05, 0) is 42.1 Å². The Kier molecular flexibility index (Phi) is 3.25. The van der Waals surface area contributed by atoms with Gasteiger partial charge in [0.25, 0.3) is 0 Å². The topological polar surface area (TPSA) is 30.0 Å². The second-order valence-electron chi connectivity index (χ2n) is 4.75. The lowest BCUT2D eigenvalue weighted by Gasteiger charge is -2.07. The highest BCUT2D eigenvalue weighted by Crippen LogP contribution is 2.23. The van der Waals surface area contributed by atoms with E-state index in [1.54, 1.807) is 18.5 Å². The van der Waals surface area contributed by atoms with Crippen molar-refractivity contribution >= 4 is 28.2 Å². The van der Waals surface area contributed by atoms with Crippen molar-refractivity contribution in [2.24, 2.45) is 0 Å². The number of fused-ring (bicyclic) bond motifs is 1. The molecule has 0 aliphatic heterocycles. The lowest BCUT2D eigenvalue weighted by atomic mass is 9.97. The molecule has 20 heavy (non-hydrogen) atoms. The van der Waals surface area contributed by atoms with Crippen LogP contribution in [0.3, 0.4) is 0 Å². The molecule has 0 atom stereocenters. The zero-order valence-corrected chi connectivity index (χ0v) is 11.7. The summed E-state index contributed by atoms with van der Waals surface area (Å²) < 4.78 is 0. The maximum Gasteiger partial charge on any atom is 0.193 e. The van der Waals surface area contributed by atoms with Gasteiger partial charge in [0.2, 0.25) is 0 Å². The molecular formula is C17H12ClNO. The fourth-order valence-electron chi connectivity index (χ4n) is 2.34. The molecule has 0 saturated heterocycles. The van der Waals surface area contributed by atoms with Gasteiger partial charge in [0.15, 0.2) is 5.78 Å². The van der Waals surface area contributed by atoms with E-state index in [9.17, 15) is 4.79 Å². The summed E-state index contributed by atoms with van der Waals surface area (Å²) in [6.45, 7) is 1.93. The smallest absolute Gasteiger partial charge is 0.193 e. The molecule has 3 aromatic rings. The molecule has 0 N–H and O–H groups in total. The van der Waals surface area contributed by atoms with Gasteiger partial charge >= 0.3 is 0 Å². The summed E-state index contributed by atoms with van der Waals surface area (Å²) in [4.78, 5) is 16.8. The van der Waals surface area contributed by atoms with Gasteiger partial charge < -0.3 is 0 Å². The average Bonchev–Trinajstić information content (AvgIpc) is 2.45. The number of ketones is 1. The number of pyridine rings is 1. The molecule has 0 radical (unpaired) electrons. The Morgan fingerprint density at radius 2 is 2.00 bits per heavy atom. The summed E-state index contributed by atoms with van der Waals surface area (Å²) in [6, 6.07) is 12.9. The number of hydrogen-bond donors (Lipinski definition) is 0. The number of benzene rings is 2. The highest BCUT2D eigenvalue weighted by atomic mass is 35.5. The Morgan fingerprint density at radius 3 is 2.80 bits per heavy atom. The predicted molar refractivity (Wildman–Crippen MR) is 81.4 cm³/mol. The SMILES string of the molecule is Cc1cc(Cl)cc(C(=O)c2cccc3cnccc23)c1. The van der Waals surface area contributed by atoms with Gasteiger partial charge in [-0.25, -0.2) is 0 Å². The number of hydrogen-bond acceptors (Lipinski definition) is 2. The molecule has 0 spiro atoms. The predicted octanol–water partition coefficient (Wildman–Crippen LogP) is 4.43. The van der Waals surface area contributed by atoms with Crippen molar-refractivity contribution < 1.29 is 4.79 Å². The maximum atomic E-state index is 12.7. The fraction of sp³-hybridized carbons (Fsp3) is 0.0588. The van der Waals surface area contributed by atoms with Crippen molar-refractivity contribution in [3.05, 3.63) is 76.6 Å². The van der Waals surface area contributed by atoms with E-state index in [1.807, 2.05) is 43.3 Å². The summed E-state index contributed by atoms with van der Waals surface area (Å²) in [7, 11) is 0. The molecule has 2 nitrogen and oxygen atoms in total. The minimum atomic E-state index is -0.0209. The van der Waals surface area contributed by atoms with Gasteiger partial charge in [0, 0.05) is 33.9 Å². The number of carbonyl (C=O) groups excluding carboxylic acids is 1. The van der Waals surface area contributed by atoms with E-state index in [0.717, 1.165) is 16.3 Å². The Labute approximate surface area is 122 Å². The Hall–Kier alpha value is -2.19. The van der Waals surface area contributed by atoms with Crippen molar-refractivity contribution in [1.82, 2.24) is 4.98 Å². The molecule has 0 bridgehead atoms. The molecule has 98 valence electrons. The summed E-state index contributed by atoms with van der Waals surface area (Å²) in [5, 5.41) is 2.44. The van der Waals surface area contributed by atoms with Crippen LogP contribution >= 0.6 is 11.6 Å². The molecule has 2 aromatic carbocycles. The van der Waals surface area contributed by atoms with Gasteiger partial charge in [-0.1, -0.05) is 29.8 Å². The number of rotatable bonds is 2. The minimum Gasteiger partial charge on any atom is -0.289 e. The molecule has 0 unspecified atom stereocenters. The van der Waals surface area contributed by atoms with E-state index in [0.29, 0.717) is 16.1 Å². The van der Waals surface area contributed by atoms with Crippen LogP contribution in [0, 0.1) is 6.92 Å². The first kappa shape index (κ1) is 12.8. The molecular weight excluding hydrogens is 270 g/mol. The Balaban J connectivity index is 2.17. The summed E-state index contributed by atoms with van der Waals surface area (Å²) in [5.41, 5.74) is 2.26. The summed E-state index contributed by atoms with van der Waals surface area (Å²) in [5.74, 6) is -0.0209. The molecule has 0 aliphatic rings. The van der Waals surface area contributed by atoms with Crippen LogP contribution in [0.4, 0.5) is 0 Å². The molecule has 3 rings (SSSR count). The van der Waals surface area contributed by atoms with Crippen molar-refractivity contribution in [3.8, 4) is 0 Å². The zero-order valence-electron chi connectivity index (χ0n) is 10.9. The lowest BCUT2D eigenvalue weighted by molar-refractivity contribution is 0.104. The monoisotopic (exact) mass is 281 g/mol. The molecule has 0 aliphatic carbocycles. The number of halogens is 1. The number of aryl methyl sites for hydroxylation is 1. The number of nitrogens with zero attached hydrogens (tertiary/aromatic N) is 1. The molecule has 0 amide bonds. The van der Waals surface area contributed by atoms with Gasteiger partial charge in [-0.3, -0.25) is 9.78 Å². The number of carbonyl (C=O) groups is 1. The Bertz CT molecular complexity index is 785. The van der Waals surface area contributed by atoms with Gasteiger partial charge in [0.05, 0.1) is 0 Å². The van der Waals surface area contributed by atoms with E-state index < -0.39 is 0 Å².